The van der Waals surface area contributed by atoms with Gasteiger partial charge in [0.15, 0.2) is 0 Å². The second-order valence-electron chi connectivity index (χ2n) is 5.05. The number of ether oxygens (including phenoxy) is 1. The van der Waals surface area contributed by atoms with Gasteiger partial charge in [-0.05, 0) is 41.7 Å². The largest absolute Gasteiger partial charge is 0.496 e. The number of hydrogen-bond acceptors (Lipinski definition) is 1. The molecule has 0 aliphatic rings. The van der Waals surface area contributed by atoms with E-state index in [0.29, 0.717) is 5.92 Å². The van der Waals surface area contributed by atoms with E-state index in [-0.39, 0.29) is 0 Å². The van der Waals surface area contributed by atoms with Crippen LogP contribution < -0.4 is 4.74 Å². The maximum absolute atomic E-state index is 5.42. The molecule has 0 radical (unpaired) electrons. The van der Waals surface area contributed by atoms with Crippen molar-refractivity contribution in [2.45, 2.75) is 33.1 Å². The number of rotatable bonds is 4. The van der Waals surface area contributed by atoms with Crippen molar-refractivity contribution < 1.29 is 4.74 Å². The van der Waals surface area contributed by atoms with Gasteiger partial charge < -0.3 is 4.74 Å². The van der Waals surface area contributed by atoms with Crippen LogP contribution in [0.5, 0.6) is 5.75 Å². The number of aryl methyl sites for hydroxylation is 2. The van der Waals surface area contributed by atoms with Gasteiger partial charge in [0.2, 0.25) is 0 Å². The van der Waals surface area contributed by atoms with Crippen LogP contribution in [0, 0.1) is 6.92 Å². The van der Waals surface area contributed by atoms with Crippen LogP contribution in [0.15, 0.2) is 42.5 Å². The van der Waals surface area contributed by atoms with Crippen molar-refractivity contribution in [3.8, 4) is 5.75 Å². The number of benzene rings is 2. The highest BCUT2D eigenvalue weighted by molar-refractivity contribution is 5.41. The van der Waals surface area contributed by atoms with E-state index in [1.807, 2.05) is 0 Å². The van der Waals surface area contributed by atoms with Crippen LogP contribution in [-0.4, -0.2) is 7.11 Å². The Morgan fingerprint density at radius 3 is 2.47 bits per heavy atom. The standard InChI is InChI=1S/C18H22O/c1-5-15-7-6-8-16(11-15)14(3)17-10-9-13(2)18(12-17)19-4/h6-12,14H,5H2,1-4H3. The van der Waals surface area contributed by atoms with E-state index in [0.717, 1.165) is 12.2 Å². The quantitative estimate of drug-likeness (QED) is 0.767. The van der Waals surface area contributed by atoms with Crippen molar-refractivity contribution >= 4 is 0 Å². The Balaban J connectivity index is 2.35. The maximum Gasteiger partial charge on any atom is 0.122 e. The molecule has 2 rings (SSSR count). The minimum Gasteiger partial charge on any atom is -0.496 e. The molecule has 0 aromatic heterocycles. The summed E-state index contributed by atoms with van der Waals surface area (Å²) in [6.07, 6.45) is 1.08. The van der Waals surface area contributed by atoms with Gasteiger partial charge in [-0.2, -0.15) is 0 Å². The van der Waals surface area contributed by atoms with Gasteiger partial charge in [0.05, 0.1) is 7.11 Å². The van der Waals surface area contributed by atoms with Gasteiger partial charge in [0.1, 0.15) is 5.75 Å². The van der Waals surface area contributed by atoms with Crippen LogP contribution in [0.4, 0.5) is 0 Å². The van der Waals surface area contributed by atoms with E-state index in [2.05, 4.69) is 63.2 Å². The Kier molecular flexibility index (Phi) is 4.26. The summed E-state index contributed by atoms with van der Waals surface area (Å²) in [5.74, 6) is 1.36. The molecule has 1 unspecified atom stereocenters. The van der Waals surface area contributed by atoms with Gasteiger partial charge in [-0.15, -0.1) is 0 Å². The first kappa shape index (κ1) is 13.7. The number of hydrogen-bond donors (Lipinski definition) is 0. The smallest absolute Gasteiger partial charge is 0.122 e. The molecule has 0 saturated carbocycles. The lowest BCUT2D eigenvalue weighted by Gasteiger charge is -2.15. The van der Waals surface area contributed by atoms with Gasteiger partial charge in [0, 0.05) is 5.92 Å². The van der Waals surface area contributed by atoms with Crippen molar-refractivity contribution in [2.75, 3.05) is 7.11 Å². The lowest BCUT2D eigenvalue weighted by Crippen LogP contribution is -1.98. The molecule has 0 saturated heterocycles. The SMILES string of the molecule is CCc1cccc(C(C)c2ccc(C)c(OC)c2)c1. The Bertz CT molecular complexity index is 557. The molecule has 0 aliphatic carbocycles. The van der Waals surface area contributed by atoms with E-state index in [1.165, 1.54) is 22.3 Å². The van der Waals surface area contributed by atoms with Crippen molar-refractivity contribution in [3.05, 3.63) is 64.7 Å². The minimum atomic E-state index is 0.390. The first-order valence-corrected chi connectivity index (χ1v) is 6.89. The molecule has 1 atom stereocenters. The first-order chi connectivity index (χ1) is 9.15. The fraction of sp³-hybridized carbons (Fsp3) is 0.333. The number of methoxy groups -OCH3 is 1. The van der Waals surface area contributed by atoms with E-state index in [9.17, 15) is 0 Å². The van der Waals surface area contributed by atoms with Crippen molar-refractivity contribution in [1.82, 2.24) is 0 Å². The average Bonchev–Trinajstić information content (AvgIpc) is 2.47. The van der Waals surface area contributed by atoms with Crippen molar-refractivity contribution in [2.24, 2.45) is 0 Å². The third kappa shape index (κ3) is 2.98. The van der Waals surface area contributed by atoms with Crippen LogP contribution in [0.25, 0.3) is 0 Å². The fourth-order valence-electron chi connectivity index (χ4n) is 2.38. The summed E-state index contributed by atoms with van der Waals surface area (Å²) < 4.78 is 5.42. The third-order valence-corrected chi connectivity index (χ3v) is 3.79. The molecule has 2 aromatic rings. The van der Waals surface area contributed by atoms with Crippen LogP contribution in [0.1, 0.15) is 42.0 Å². The van der Waals surface area contributed by atoms with Gasteiger partial charge >= 0.3 is 0 Å². The van der Waals surface area contributed by atoms with Gasteiger partial charge in [0.25, 0.3) is 0 Å². The van der Waals surface area contributed by atoms with Crippen LogP contribution in [0.3, 0.4) is 0 Å². The van der Waals surface area contributed by atoms with E-state index < -0.39 is 0 Å². The molecule has 0 aliphatic heterocycles. The molecule has 100 valence electrons. The highest BCUT2D eigenvalue weighted by atomic mass is 16.5. The second-order valence-corrected chi connectivity index (χ2v) is 5.05. The zero-order chi connectivity index (χ0) is 13.8. The topological polar surface area (TPSA) is 9.23 Å². The molecule has 1 nitrogen and oxygen atoms in total. The van der Waals surface area contributed by atoms with E-state index in [1.54, 1.807) is 7.11 Å². The Morgan fingerprint density at radius 2 is 1.79 bits per heavy atom. The predicted molar refractivity (Wildman–Crippen MR) is 81.1 cm³/mol. The molecular weight excluding hydrogens is 232 g/mol. The van der Waals surface area contributed by atoms with Gasteiger partial charge in [-0.1, -0.05) is 50.2 Å². The lowest BCUT2D eigenvalue weighted by molar-refractivity contribution is 0.411. The molecule has 2 aromatic carbocycles. The first-order valence-electron chi connectivity index (χ1n) is 6.89. The monoisotopic (exact) mass is 254 g/mol. The Hall–Kier alpha value is -1.76. The highest BCUT2D eigenvalue weighted by Gasteiger charge is 2.10. The molecule has 1 heteroatoms. The summed E-state index contributed by atoms with van der Waals surface area (Å²) in [7, 11) is 1.73. The zero-order valence-corrected chi connectivity index (χ0v) is 12.2. The zero-order valence-electron chi connectivity index (χ0n) is 12.2. The Morgan fingerprint density at radius 1 is 1.05 bits per heavy atom. The lowest BCUT2D eigenvalue weighted by atomic mass is 9.91. The van der Waals surface area contributed by atoms with E-state index in [4.69, 9.17) is 4.74 Å². The Labute approximate surface area is 116 Å². The summed E-state index contributed by atoms with van der Waals surface area (Å²) in [6, 6.07) is 15.3. The van der Waals surface area contributed by atoms with Crippen LogP contribution in [-0.2, 0) is 6.42 Å². The second kappa shape index (κ2) is 5.92. The molecule has 0 fully saturated rings. The fourth-order valence-corrected chi connectivity index (χ4v) is 2.38. The minimum absolute atomic E-state index is 0.390. The summed E-state index contributed by atoms with van der Waals surface area (Å²) in [6.45, 7) is 6.52. The predicted octanol–water partition coefficient (Wildman–Crippen LogP) is 4.72. The normalized spacial score (nSPS) is 12.2. The van der Waals surface area contributed by atoms with Crippen LogP contribution in [0.2, 0.25) is 0 Å². The summed E-state index contributed by atoms with van der Waals surface area (Å²) in [5, 5.41) is 0. The maximum atomic E-state index is 5.42. The molecule has 0 bridgehead atoms. The van der Waals surface area contributed by atoms with Crippen molar-refractivity contribution in [3.63, 3.8) is 0 Å². The van der Waals surface area contributed by atoms with Crippen LogP contribution >= 0.6 is 0 Å². The van der Waals surface area contributed by atoms with Gasteiger partial charge in [-0.25, -0.2) is 0 Å². The molecule has 0 heterocycles. The van der Waals surface area contributed by atoms with E-state index >= 15 is 0 Å². The summed E-state index contributed by atoms with van der Waals surface area (Å²) in [4.78, 5) is 0. The molecule has 19 heavy (non-hydrogen) atoms. The molecule has 0 amide bonds. The summed E-state index contributed by atoms with van der Waals surface area (Å²) in [5.41, 5.74) is 5.24. The summed E-state index contributed by atoms with van der Waals surface area (Å²) >= 11 is 0. The average molecular weight is 254 g/mol. The highest BCUT2D eigenvalue weighted by Crippen LogP contribution is 2.29. The third-order valence-electron chi connectivity index (χ3n) is 3.79. The van der Waals surface area contributed by atoms with Crippen molar-refractivity contribution in [1.29, 1.82) is 0 Å². The van der Waals surface area contributed by atoms with Gasteiger partial charge in [-0.3, -0.25) is 0 Å². The molecular formula is C18H22O. The molecule has 0 N–H and O–H groups in total. The molecule has 0 spiro atoms.